The fourth-order valence-corrected chi connectivity index (χ4v) is 4.32. The normalized spacial score (nSPS) is 15.0. The molecule has 176 valence electrons. The Hall–Kier alpha value is -3.40. The van der Waals surface area contributed by atoms with Crippen molar-refractivity contribution in [2.45, 2.75) is 6.54 Å². The van der Waals surface area contributed by atoms with Crippen molar-refractivity contribution in [3.8, 4) is 17.3 Å². The lowest BCUT2D eigenvalue weighted by Crippen LogP contribution is -2.43. The number of halogens is 1. The highest BCUT2D eigenvalue weighted by Crippen LogP contribution is 2.28. The van der Waals surface area contributed by atoms with Gasteiger partial charge in [-0.05, 0) is 42.9 Å². The molecule has 9 nitrogen and oxygen atoms in total. The molecule has 2 aromatic carbocycles. The maximum Gasteiger partial charge on any atom is 0.259 e. The molecular weight excluding hydrogens is 454 g/mol. The molecule has 2 aromatic heterocycles. The Morgan fingerprint density at radius 3 is 2.79 bits per heavy atom. The monoisotopic (exact) mass is 479 g/mol. The zero-order valence-corrected chi connectivity index (χ0v) is 19.8. The first-order chi connectivity index (χ1) is 16.5. The maximum absolute atomic E-state index is 12.9. The van der Waals surface area contributed by atoms with E-state index in [2.05, 4.69) is 49.5 Å². The summed E-state index contributed by atoms with van der Waals surface area (Å²) < 4.78 is 5.30. The van der Waals surface area contributed by atoms with Crippen LogP contribution in [0.1, 0.15) is 15.9 Å². The summed E-state index contributed by atoms with van der Waals surface area (Å²) in [7, 11) is 3.67. The minimum atomic E-state index is -0.354. The number of hydrogen-bond acceptors (Lipinski definition) is 6. The van der Waals surface area contributed by atoms with E-state index >= 15 is 0 Å². The van der Waals surface area contributed by atoms with Gasteiger partial charge in [0.2, 0.25) is 0 Å². The van der Waals surface area contributed by atoms with E-state index in [0.717, 1.165) is 43.8 Å². The Labute approximate surface area is 202 Å². The number of nitrogens with one attached hydrogen (secondary N) is 3. The highest BCUT2D eigenvalue weighted by atomic mass is 35.5. The third kappa shape index (κ3) is 4.63. The summed E-state index contributed by atoms with van der Waals surface area (Å²) in [6.45, 7) is 5.22. The average Bonchev–Trinajstić information content (AvgIpc) is 3.46. The largest absolute Gasteiger partial charge is 0.496 e. The molecule has 0 atom stereocenters. The van der Waals surface area contributed by atoms with Gasteiger partial charge in [-0.2, -0.15) is 5.10 Å². The number of nitrogens with zero attached hydrogens (tertiary/aromatic N) is 4. The van der Waals surface area contributed by atoms with Crippen molar-refractivity contribution in [1.82, 2.24) is 30.0 Å². The fraction of sp³-hybridized carbons (Fsp3) is 0.292. The number of piperazine rings is 1. The topological polar surface area (TPSA) is 102 Å². The summed E-state index contributed by atoms with van der Waals surface area (Å²) in [6.07, 6.45) is 1.55. The van der Waals surface area contributed by atoms with Crippen LogP contribution in [0.4, 0.5) is 5.69 Å². The number of rotatable bonds is 6. The number of likely N-dealkylation sites (N-methyl/N-ethyl adjacent to an activating group) is 1. The lowest BCUT2D eigenvalue weighted by Gasteiger charge is -2.32. The van der Waals surface area contributed by atoms with Gasteiger partial charge in [-0.25, -0.2) is 4.98 Å². The Balaban J connectivity index is 1.36. The van der Waals surface area contributed by atoms with Crippen molar-refractivity contribution in [1.29, 1.82) is 0 Å². The van der Waals surface area contributed by atoms with E-state index in [-0.39, 0.29) is 5.91 Å². The molecule has 0 radical (unpaired) electrons. The number of hydrogen-bond donors (Lipinski definition) is 3. The zero-order valence-electron chi connectivity index (χ0n) is 19.1. The van der Waals surface area contributed by atoms with E-state index in [4.69, 9.17) is 21.3 Å². The molecule has 0 bridgehead atoms. The van der Waals surface area contributed by atoms with Gasteiger partial charge in [0, 0.05) is 37.7 Å². The van der Waals surface area contributed by atoms with E-state index in [1.54, 1.807) is 24.4 Å². The molecule has 1 aliphatic heterocycles. The third-order valence-electron chi connectivity index (χ3n) is 6.08. The Morgan fingerprint density at radius 2 is 2.00 bits per heavy atom. The van der Waals surface area contributed by atoms with Gasteiger partial charge >= 0.3 is 0 Å². The van der Waals surface area contributed by atoms with Gasteiger partial charge in [0.15, 0.2) is 5.82 Å². The van der Waals surface area contributed by atoms with Crippen molar-refractivity contribution in [3.05, 3.63) is 58.7 Å². The molecule has 0 spiro atoms. The van der Waals surface area contributed by atoms with Crippen LogP contribution in [0.5, 0.6) is 5.75 Å². The van der Waals surface area contributed by atoms with Crippen LogP contribution in [0.15, 0.2) is 42.6 Å². The summed E-state index contributed by atoms with van der Waals surface area (Å²) in [5.74, 6) is 0.675. The van der Waals surface area contributed by atoms with E-state index in [9.17, 15) is 4.79 Å². The quantitative estimate of drug-likeness (QED) is 0.390. The molecule has 1 saturated heterocycles. The molecule has 3 N–H and O–H groups in total. The molecule has 3 heterocycles. The van der Waals surface area contributed by atoms with E-state index in [1.807, 2.05) is 6.07 Å². The number of ether oxygens (including phenoxy) is 1. The lowest BCUT2D eigenvalue weighted by molar-refractivity contribution is 0.102. The van der Waals surface area contributed by atoms with Crippen LogP contribution in [-0.2, 0) is 6.54 Å². The van der Waals surface area contributed by atoms with Crippen LogP contribution in [-0.4, -0.2) is 76.2 Å². The fourth-order valence-electron chi connectivity index (χ4n) is 4.15. The number of carbonyl (C=O) groups excluding carboxylic acids is 1. The third-order valence-corrected chi connectivity index (χ3v) is 6.31. The molecule has 34 heavy (non-hydrogen) atoms. The lowest BCUT2D eigenvalue weighted by atomic mass is 10.1. The molecular formula is C24H26ClN7O2. The first-order valence-corrected chi connectivity index (χ1v) is 11.5. The maximum atomic E-state index is 12.9. The van der Waals surface area contributed by atoms with Crippen LogP contribution < -0.4 is 10.1 Å². The molecule has 1 aliphatic rings. The molecule has 10 heteroatoms. The van der Waals surface area contributed by atoms with Crippen LogP contribution in [0.25, 0.3) is 22.6 Å². The van der Waals surface area contributed by atoms with Crippen LogP contribution >= 0.6 is 11.6 Å². The second-order valence-corrected chi connectivity index (χ2v) is 8.91. The number of fused-ring (bicyclic) bond motifs is 1. The predicted molar refractivity (Wildman–Crippen MR) is 132 cm³/mol. The van der Waals surface area contributed by atoms with Crippen molar-refractivity contribution in [3.63, 3.8) is 0 Å². The van der Waals surface area contributed by atoms with Crippen molar-refractivity contribution in [2.75, 3.05) is 45.7 Å². The highest BCUT2D eigenvalue weighted by Gasteiger charge is 2.19. The number of amides is 1. The van der Waals surface area contributed by atoms with Gasteiger partial charge in [0.1, 0.15) is 11.4 Å². The summed E-state index contributed by atoms with van der Waals surface area (Å²) in [5.41, 5.74) is 4.44. The van der Waals surface area contributed by atoms with Gasteiger partial charge in [0.05, 0.1) is 35.6 Å². The summed E-state index contributed by atoms with van der Waals surface area (Å²) in [5, 5.41) is 10.4. The molecule has 0 aliphatic carbocycles. The van der Waals surface area contributed by atoms with Gasteiger partial charge in [-0.15, -0.1) is 0 Å². The first kappa shape index (κ1) is 22.4. The summed E-state index contributed by atoms with van der Waals surface area (Å²) in [4.78, 5) is 25.8. The molecule has 0 unspecified atom stereocenters. The number of aromatic nitrogens is 4. The van der Waals surface area contributed by atoms with Crippen molar-refractivity contribution in [2.24, 2.45) is 0 Å². The smallest absolute Gasteiger partial charge is 0.259 e. The number of imidazole rings is 1. The van der Waals surface area contributed by atoms with Crippen molar-refractivity contribution >= 4 is 34.2 Å². The molecule has 4 aromatic rings. The molecule has 1 amide bonds. The zero-order chi connectivity index (χ0) is 23.7. The second kappa shape index (κ2) is 9.46. The summed E-state index contributed by atoms with van der Waals surface area (Å²) >= 11 is 6.08. The average molecular weight is 480 g/mol. The minimum Gasteiger partial charge on any atom is -0.496 e. The molecule has 0 saturated carbocycles. The predicted octanol–water partition coefficient (Wildman–Crippen LogP) is 3.61. The van der Waals surface area contributed by atoms with E-state index < -0.39 is 0 Å². The standard InChI is InChI=1S/C24H26ClN7O2/c1-31-7-9-32(10-8-31)14-15-3-5-18-19(11-15)28-23(27-18)22-20(13-26-30-22)29-24(33)17-12-16(25)4-6-21(17)34-2/h3-6,11-13H,7-10,14H2,1-2H3,(H,26,30)(H,27,28)(H,29,33). The van der Waals surface area contributed by atoms with Gasteiger partial charge in [-0.3, -0.25) is 14.8 Å². The number of carbonyl (C=O) groups is 1. The van der Waals surface area contributed by atoms with Gasteiger partial charge in [-0.1, -0.05) is 17.7 Å². The second-order valence-electron chi connectivity index (χ2n) is 8.47. The number of anilines is 1. The van der Waals surface area contributed by atoms with Crippen LogP contribution in [0, 0.1) is 0 Å². The van der Waals surface area contributed by atoms with Gasteiger partial charge in [0.25, 0.3) is 5.91 Å². The number of aromatic amines is 2. The first-order valence-electron chi connectivity index (χ1n) is 11.1. The summed E-state index contributed by atoms with van der Waals surface area (Å²) in [6, 6.07) is 11.2. The van der Waals surface area contributed by atoms with Crippen molar-refractivity contribution < 1.29 is 9.53 Å². The minimum absolute atomic E-state index is 0.334. The number of H-pyrrole nitrogens is 2. The number of methoxy groups -OCH3 is 1. The van der Waals surface area contributed by atoms with Crippen LogP contribution in [0.2, 0.25) is 5.02 Å². The SMILES string of the molecule is COc1ccc(Cl)cc1C(=O)Nc1cn[nH]c1-c1nc2ccc(CN3CCN(C)CC3)cc2[nH]1. The highest BCUT2D eigenvalue weighted by molar-refractivity contribution is 6.31. The Bertz CT molecular complexity index is 1320. The Morgan fingerprint density at radius 1 is 1.18 bits per heavy atom. The molecule has 5 rings (SSSR count). The van der Waals surface area contributed by atoms with Gasteiger partial charge < -0.3 is 19.9 Å². The number of benzene rings is 2. The van der Waals surface area contributed by atoms with E-state index in [0.29, 0.717) is 33.5 Å². The van der Waals surface area contributed by atoms with Crippen LogP contribution in [0.3, 0.4) is 0 Å². The Kier molecular flexibility index (Phi) is 6.23. The molecule has 1 fully saturated rings. The van der Waals surface area contributed by atoms with E-state index in [1.165, 1.54) is 12.7 Å².